The second kappa shape index (κ2) is 12.2. The number of nitrogens with one attached hydrogen (secondary N) is 1. The Hall–Kier alpha value is -3.43. The van der Waals surface area contributed by atoms with E-state index in [1.807, 2.05) is 0 Å². The van der Waals surface area contributed by atoms with Gasteiger partial charge in [0.1, 0.15) is 18.4 Å². The molecule has 0 radical (unpaired) electrons. The molecule has 196 valence electrons. The van der Waals surface area contributed by atoms with Crippen LogP contribution in [0.5, 0.6) is 0 Å². The second-order valence-electron chi connectivity index (χ2n) is 8.77. The van der Waals surface area contributed by atoms with Gasteiger partial charge in [-0.1, -0.05) is 54.1 Å². The third-order valence-electron chi connectivity index (χ3n) is 5.57. The summed E-state index contributed by atoms with van der Waals surface area (Å²) in [6, 6.07) is 18.5. The lowest BCUT2D eigenvalue weighted by atomic mass is 10.1. The SMILES string of the molecule is CC(C)NC(=O)[C@@H](C)N(Cc1cccc(Cl)c1)C(=O)CN(c1ccccc1F)S(=O)(=O)c1ccccc1. The lowest BCUT2D eigenvalue weighted by molar-refractivity contribution is -0.139. The molecule has 0 saturated carbocycles. The van der Waals surface area contributed by atoms with E-state index in [0.29, 0.717) is 10.6 Å². The Kier molecular flexibility index (Phi) is 9.29. The summed E-state index contributed by atoms with van der Waals surface area (Å²) >= 11 is 6.12. The quantitative estimate of drug-likeness (QED) is 0.403. The topological polar surface area (TPSA) is 86.8 Å². The molecule has 37 heavy (non-hydrogen) atoms. The van der Waals surface area contributed by atoms with E-state index in [1.165, 1.54) is 47.4 Å². The average molecular weight is 546 g/mol. The van der Waals surface area contributed by atoms with E-state index >= 15 is 0 Å². The number of carbonyl (C=O) groups is 2. The standard InChI is InChI=1S/C27H29ClFN3O4S/c1-19(2)30-27(34)20(3)31(17-21-10-9-11-22(28)16-21)26(33)18-32(25-15-8-7-14-24(25)29)37(35,36)23-12-5-4-6-13-23/h4-16,19-20H,17-18H2,1-3H3,(H,30,34)/t20-/m1/s1. The highest BCUT2D eigenvalue weighted by Crippen LogP contribution is 2.27. The molecule has 3 aromatic carbocycles. The van der Waals surface area contributed by atoms with Crippen LogP contribution in [-0.4, -0.2) is 43.8 Å². The van der Waals surface area contributed by atoms with Crippen LogP contribution in [0.3, 0.4) is 0 Å². The van der Waals surface area contributed by atoms with Crippen molar-refractivity contribution in [3.63, 3.8) is 0 Å². The molecule has 0 fully saturated rings. The van der Waals surface area contributed by atoms with Crippen LogP contribution in [0, 0.1) is 5.82 Å². The summed E-state index contributed by atoms with van der Waals surface area (Å²) in [5.41, 5.74) is 0.370. The van der Waals surface area contributed by atoms with E-state index in [4.69, 9.17) is 11.6 Å². The van der Waals surface area contributed by atoms with Gasteiger partial charge in [0.05, 0.1) is 10.6 Å². The number of anilines is 1. The Labute approximate surface area is 221 Å². The third-order valence-corrected chi connectivity index (χ3v) is 7.58. The number of nitrogens with zero attached hydrogens (tertiary/aromatic N) is 2. The summed E-state index contributed by atoms with van der Waals surface area (Å²) in [6.45, 7) is 4.40. The van der Waals surface area contributed by atoms with Crippen LogP contribution in [0.25, 0.3) is 0 Å². The average Bonchev–Trinajstić information content (AvgIpc) is 2.86. The Morgan fingerprint density at radius 1 is 0.946 bits per heavy atom. The number of benzene rings is 3. The van der Waals surface area contributed by atoms with E-state index in [-0.39, 0.29) is 23.2 Å². The molecular weight excluding hydrogens is 517 g/mol. The Balaban J connectivity index is 2.03. The number of carbonyl (C=O) groups excluding carboxylic acids is 2. The molecule has 0 bridgehead atoms. The van der Waals surface area contributed by atoms with E-state index in [2.05, 4.69) is 5.32 Å². The van der Waals surface area contributed by atoms with Gasteiger partial charge < -0.3 is 10.2 Å². The molecule has 3 rings (SSSR count). The van der Waals surface area contributed by atoms with E-state index in [1.54, 1.807) is 51.1 Å². The number of halogens is 2. The molecular formula is C27H29ClFN3O4S. The van der Waals surface area contributed by atoms with E-state index < -0.39 is 40.2 Å². The molecule has 0 aliphatic heterocycles. The van der Waals surface area contributed by atoms with Crippen LogP contribution >= 0.6 is 11.6 Å². The molecule has 1 N–H and O–H groups in total. The maximum atomic E-state index is 14.8. The first-order chi connectivity index (χ1) is 17.5. The highest BCUT2D eigenvalue weighted by molar-refractivity contribution is 7.92. The molecule has 0 aromatic heterocycles. The Morgan fingerprint density at radius 2 is 1.59 bits per heavy atom. The summed E-state index contributed by atoms with van der Waals surface area (Å²) in [7, 11) is -4.33. The first-order valence-corrected chi connectivity index (χ1v) is 13.5. The van der Waals surface area contributed by atoms with Crippen molar-refractivity contribution in [2.45, 2.75) is 44.3 Å². The van der Waals surface area contributed by atoms with Crippen LogP contribution in [0.15, 0.2) is 83.8 Å². The van der Waals surface area contributed by atoms with E-state index in [9.17, 15) is 22.4 Å². The number of para-hydroxylation sites is 1. The smallest absolute Gasteiger partial charge is 0.264 e. The molecule has 0 aliphatic rings. The number of hydrogen-bond acceptors (Lipinski definition) is 4. The fourth-order valence-corrected chi connectivity index (χ4v) is 5.36. The van der Waals surface area contributed by atoms with Crippen molar-refractivity contribution >= 4 is 39.1 Å². The molecule has 0 heterocycles. The van der Waals surface area contributed by atoms with Crippen LogP contribution < -0.4 is 9.62 Å². The summed E-state index contributed by atoms with van der Waals surface area (Å²) in [4.78, 5) is 27.7. The van der Waals surface area contributed by atoms with Crippen molar-refractivity contribution in [1.29, 1.82) is 0 Å². The fraction of sp³-hybridized carbons (Fsp3) is 0.259. The van der Waals surface area contributed by atoms with Crippen molar-refractivity contribution in [1.82, 2.24) is 10.2 Å². The number of hydrogen-bond donors (Lipinski definition) is 1. The summed E-state index contributed by atoms with van der Waals surface area (Å²) in [5, 5.41) is 3.22. The monoisotopic (exact) mass is 545 g/mol. The molecule has 0 unspecified atom stereocenters. The minimum atomic E-state index is -4.33. The first-order valence-electron chi connectivity index (χ1n) is 11.7. The van der Waals surface area contributed by atoms with Gasteiger partial charge in [-0.2, -0.15) is 0 Å². The minimum Gasteiger partial charge on any atom is -0.352 e. The molecule has 2 amide bonds. The largest absolute Gasteiger partial charge is 0.352 e. The second-order valence-corrected chi connectivity index (χ2v) is 11.1. The summed E-state index contributed by atoms with van der Waals surface area (Å²) in [5.74, 6) is -1.90. The van der Waals surface area contributed by atoms with Gasteiger partial charge in [-0.05, 0) is 62.7 Å². The van der Waals surface area contributed by atoms with Gasteiger partial charge in [-0.3, -0.25) is 13.9 Å². The van der Waals surface area contributed by atoms with Crippen molar-refractivity contribution in [3.8, 4) is 0 Å². The van der Waals surface area contributed by atoms with Crippen molar-refractivity contribution in [3.05, 3.63) is 95.3 Å². The zero-order chi connectivity index (χ0) is 27.2. The van der Waals surface area contributed by atoms with Gasteiger partial charge in [-0.15, -0.1) is 0 Å². The molecule has 10 heteroatoms. The van der Waals surface area contributed by atoms with Gasteiger partial charge in [0, 0.05) is 17.6 Å². The molecule has 1 atom stereocenters. The molecule has 3 aromatic rings. The van der Waals surface area contributed by atoms with Gasteiger partial charge in [0.2, 0.25) is 11.8 Å². The minimum absolute atomic E-state index is 0.0113. The highest BCUT2D eigenvalue weighted by Gasteiger charge is 2.33. The predicted octanol–water partition coefficient (Wildman–Crippen LogP) is 4.62. The summed E-state index contributed by atoms with van der Waals surface area (Å²) < 4.78 is 42.8. The molecule has 0 spiro atoms. The molecule has 0 saturated heterocycles. The van der Waals surface area contributed by atoms with Crippen LogP contribution in [0.1, 0.15) is 26.3 Å². The number of amides is 2. The van der Waals surface area contributed by atoms with Gasteiger partial charge in [-0.25, -0.2) is 12.8 Å². The van der Waals surface area contributed by atoms with Gasteiger partial charge in [0.25, 0.3) is 10.0 Å². The lowest BCUT2D eigenvalue weighted by Crippen LogP contribution is -2.52. The maximum absolute atomic E-state index is 14.8. The number of sulfonamides is 1. The third kappa shape index (κ3) is 7.08. The van der Waals surface area contributed by atoms with Gasteiger partial charge >= 0.3 is 0 Å². The van der Waals surface area contributed by atoms with E-state index in [0.717, 1.165) is 10.4 Å². The van der Waals surface area contributed by atoms with Crippen molar-refractivity contribution in [2.24, 2.45) is 0 Å². The Morgan fingerprint density at radius 3 is 2.22 bits per heavy atom. The van der Waals surface area contributed by atoms with Crippen LogP contribution in [0.2, 0.25) is 5.02 Å². The molecule has 7 nitrogen and oxygen atoms in total. The van der Waals surface area contributed by atoms with Crippen molar-refractivity contribution in [2.75, 3.05) is 10.8 Å². The van der Waals surface area contributed by atoms with Crippen LogP contribution in [0.4, 0.5) is 10.1 Å². The first kappa shape index (κ1) is 28.1. The Bertz CT molecular complexity index is 1350. The highest BCUT2D eigenvalue weighted by atomic mass is 35.5. The predicted molar refractivity (Wildman–Crippen MR) is 142 cm³/mol. The maximum Gasteiger partial charge on any atom is 0.264 e. The zero-order valence-corrected chi connectivity index (χ0v) is 22.3. The number of rotatable bonds is 10. The van der Waals surface area contributed by atoms with Crippen molar-refractivity contribution < 1.29 is 22.4 Å². The zero-order valence-electron chi connectivity index (χ0n) is 20.8. The fourth-order valence-electron chi connectivity index (χ4n) is 3.71. The van der Waals surface area contributed by atoms with Crippen LogP contribution in [-0.2, 0) is 26.2 Å². The normalized spacial score (nSPS) is 12.2. The molecule has 0 aliphatic carbocycles. The van der Waals surface area contributed by atoms with Gasteiger partial charge in [0.15, 0.2) is 0 Å². The lowest BCUT2D eigenvalue weighted by Gasteiger charge is -2.32. The summed E-state index contributed by atoms with van der Waals surface area (Å²) in [6.07, 6.45) is 0.